The van der Waals surface area contributed by atoms with Gasteiger partial charge in [-0.15, -0.1) is 0 Å². The molecule has 0 spiro atoms. The lowest BCUT2D eigenvalue weighted by molar-refractivity contribution is 0.0788. The molecule has 0 aliphatic rings. The van der Waals surface area contributed by atoms with Crippen molar-refractivity contribution in [2.24, 2.45) is 0 Å². The van der Waals surface area contributed by atoms with Gasteiger partial charge in [-0.2, -0.15) is 0 Å². The van der Waals surface area contributed by atoms with E-state index in [1.54, 1.807) is 23.6 Å². The lowest BCUT2D eigenvalue weighted by Crippen LogP contribution is -2.26. The SMILES string of the molecule is COc1cccc(CN(C)C(=O)c2sc(=O)n(CCc3ccccc3)c2C)c1. The van der Waals surface area contributed by atoms with Crippen LogP contribution in [0.4, 0.5) is 0 Å². The summed E-state index contributed by atoms with van der Waals surface area (Å²) in [4.78, 5) is 27.4. The van der Waals surface area contributed by atoms with Crippen molar-refractivity contribution in [1.82, 2.24) is 9.47 Å². The van der Waals surface area contributed by atoms with Crippen LogP contribution in [0.5, 0.6) is 5.75 Å². The fraction of sp³-hybridized carbons (Fsp3) is 0.273. The highest BCUT2D eigenvalue weighted by atomic mass is 32.1. The van der Waals surface area contributed by atoms with Gasteiger partial charge in [-0.05, 0) is 36.6 Å². The lowest BCUT2D eigenvalue weighted by Gasteiger charge is -2.17. The van der Waals surface area contributed by atoms with Crippen molar-refractivity contribution in [1.29, 1.82) is 0 Å². The number of benzene rings is 2. The Balaban J connectivity index is 1.73. The molecule has 0 bridgehead atoms. The summed E-state index contributed by atoms with van der Waals surface area (Å²) in [6.45, 7) is 2.86. The second kappa shape index (κ2) is 8.89. The van der Waals surface area contributed by atoms with E-state index in [9.17, 15) is 9.59 Å². The van der Waals surface area contributed by atoms with Crippen LogP contribution in [-0.2, 0) is 19.5 Å². The second-order valence-corrected chi connectivity index (χ2v) is 7.64. The Morgan fingerprint density at radius 2 is 1.82 bits per heavy atom. The maximum Gasteiger partial charge on any atom is 0.308 e. The van der Waals surface area contributed by atoms with E-state index in [4.69, 9.17) is 4.74 Å². The van der Waals surface area contributed by atoms with Gasteiger partial charge in [0.2, 0.25) is 0 Å². The van der Waals surface area contributed by atoms with Crippen molar-refractivity contribution >= 4 is 17.2 Å². The van der Waals surface area contributed by atoms with E-state index in [2.05, 4.69) is 0 Å². The topological polar surface area (TPSA) is 51.5 Å². The molecule has 1 aromatic heterocycles. The molecule has 0 saturated carbocycles. The first-order chi connectivity index (χ1) is 13.5. The fourth-order valence-corrected chi connectivity index (χ4v) is 4.12. The summed E-state index contributed by atoms with van der Waals surface area (Å²) in [5, 5.41) is 0. The number of hydrogen-bond acceptors (Lipinski definition) is 4. The highest BCUT2D eigenvalue weighted by molar-refractivity contribution is 7.11. The van der Waals surface area contributed by atoms with Crippen molar-refractivity contribution in [3.8, 4) is 5.75 Å². The molecule has 1 amide bonds. The van der Waals surface area contributed by atoms with Gasteiger partial charge >= 0.3 is 4.87 Å². The molecule has 28 heavy (non-hydrogen) atoms. The number of amides is 1. The Bertz CT molecular complexity index is 1010. The first-order valence-electron chi connectivity index (χ1n) is 9.12. The van der Waals surface area contributed by atoms with Crippen LogP contribution in [0.2, 0.25) is 0 Å². The van der Waals surface area contributed by atoms with Gasteiger partial charge < -0.3 is 14.2 Å². The van der Waals surface area contributed by atoms with E-state index < -0.39 is 0 Å². The number of thiazole rings is 1. The van der Waals surface area contributed by atoms with Crippen molar-refractivity contribution in [3.05, 3.63) is 86.0 Å². The summed E-state index contributed by atoms with van der Waals surface area (Å²) >= 11 is 1.02. The highest BCUT2D eigenvalue weighted by Crippen LogP contribution is 2.18. The number of rotatable bonds is 7. The number of aryl methyl sites for hydroxylation is 1. The van der Waals surface area contributed by atoms with Gasteiger partial charge in [-0.25, -0.2) is 0 Å². The molecular weight excluding hydrogens is 372 g/mol. The van der Waals surface area contributed by atoms with Crippen molar-refractivity contribution in [3.63, 3.8) is 0 Å². The van der Waals surface area contributed by atoms with Crippen LogP contribution in [0.25, 0.3) is 0 Å². The number of ether oxygens (including phenoxy) is 1. The summed E-state index contributed by atoms with van der Waals surface area (Å²) in [6, 6.07) is 17.7. The smallest absolute Gasteiger partial charge is 0.308 e. The molecule has 5 nitrogen and oxygen atoms in total. The molecule has 0 saturated heterocycles. The van der Waals surface area contributed by atoms with Gasteiger partial charge in [0.05, 0.1) is 7.11 Å². The number of carbonyl (C=O) groups excluding carboxylic acids is 1. The molecule has 0 aliphatic carbocycles. The summed E-state index contributed by atoms with van der Waals surface area (Å²) in [6.07, 6.45) is 0.756. The summed E-state index contributed by atoms with van der Waals surface area (Å²) < 4.78 is 6.94. The zero-order valence-electron chi connectivity index (χ0n) is 16.3. The maximum absolute atomic E-state index is 12.9. The van der Waals surface area contributed by atoms with Crippen LogP contribution < -0.4 is 9.61 Å². The third-order valence-electron chi connectivity index (χ3n) is 4.70. The molecule has 0 radical (unpaired) electrons. The first kappa shape index (κ1) is 19.9. The van der Waals surface area contributed by atoms with Gasteiger partial charge in [0, 0.05) is 25.8 Å². The van der Waals surface area contributed by atoms with Gasteiger partial charge in [0.1, 0.15) is 10.6 Å². The van der Waals surface area contributed by atoms with Crippen LogP contribution >= 0.6 is 11.3 Å². The normalized spacial score (nSPS) is 10.7. The summed E-state index contributed by atoms with van der Waals surface area (Å²) in [5.74, 6) is 0.618. The van der Waals surface area contributed by atoms with E-state index >= 15 is 0 Å². The molecule has 3 aromatic rings. The Kier molecular flexibility index (Phi) is 6.31. The zero-order valence-corrected chi connectivity index (χ0v) is 17.2. The highest BCUT2D eigenvalue weighted by Gasteiger charge is 2.21. The van der Waals surface area contributed by atoms with Crippen LogP contribution in [0, 0.1) is 6.92 Å². The third-order valence-corrected chi connectivity index (χ3v) is 5.77. The largest absolute Gasteiger partial charge is 0.497 e. The van der Waals surface area contributed by atoms with Gasteiger partial charge in [0.15, 0.2) is 0 Å². The lowest BCUT2D eigenvalue weighted by atomic mass is 10.1. The van der Waals surface area contributed by atoms with E-state index in [1.807, 2.05) is 61.5 Å². The minimum absolute atomic E-state index is 0.0911. The van der Waals surface area contributed by atoms with Crippen molar-refractivity contribution < 1.29 is 9.53 Å². The fourth-order valence-electron chi connectivity index (χ4n) is 3.11. The number of hydrogen-bond donors (Lipinski definition) is 0. The molecule has 1 heterocycles. The minimum Gasteiger partial charge on any atom is -0.497 e. The van der Waals surface area contributed by atoms with Crippen LogP contribution in [0.3, 0.4) is 0 Å². The molecule has 0 aliphatic heterocycles. The predicted molar refractivity (Wildman–Crippen MR) is 112 cm³/mol. The summed E-state index contributed by atoms with van der Waals surface area (Å²) in [7, 11) is 3.37. The second-order valence-electron chi connectivity index (χ2n) is 6.68. The number of nitrogens with zero attached hydrogens (tertiary/aromatic N) is 2. The monoisotopic (exact) mass is 396 g/mol. The first-order valence-corrected chi connectivity index (χ1v) is 9.94. The molecule has 6 heteroatoms. The van der Waals surface area contributed by atoms with Gasteiger partial charge in [-0.1, -0.05) is 53.8 Å². The molecule has 0 fully saturated rings. The molecular formula is C22H24N2O3S. The van der Waals surface area contributed by atoms with E-state index in [0.29, 0.717) is 18.0 Å². The maximum atomic E-state index is 12.9. The average Bonchev–Trinajstić information content (AvgIpc) is 3.00. The third kappa shape index (κ3) is 4.51. The van der Waals surface area contributed by atoms with Crippen molar-refractivity contribution in [2.45, 2.75) is 26.4 Å². The molecule has 0 unspecified atom stereocenters. The van der Waals surface area contributed by atoms with Gasteiger partial charge in [-0.3, -0.25) is 9.59 Å². The average molecular weight is 397 g/mol. The number of methoxy groups -OCH3 is 1. The van der Waals surface area contributed by atoms with Crippen LogP contribution in [0.1, 0.15) is 26.5 Å². The molecule has 3 rings (SSSR count). The quantitative estimate of drug-likeness (QED) is 0.611. The molecule has 146 valence electrons. The van der Waals surface area contributed by atoms with Crippen LogP contribution in [-0.4, -0.2) is 29.5 Å². The molecule has 0 N–H and O–H groups in total. The number of aromatic nitrogens is 1. The Morgan fingerprint density at radius 1 is 1.11 bits per heavy atom. The van der Waals surface area contributed by atoms with E-state index in [-0.39, 0.29) is 10.8 Å². The number of carbonyl (C=O) groups is 1. The molecule has 2 aromatic carbocycles. The minimum atomic E-state index is -0.138. The Hall–Kier alpha value is -2.86. The Labute approximate surface area is 168 Å². The predicted octanol–water partition coefficient (Wildman–Crippen LogP) is 3.74. The zero-order chi connectivity index (χ0) is 20.1. The van der Waals surface area contributed by atoms with Gasteiger partial charge in [0.25, 0.3) is 5.91 Å². The Morgan fingerprint density at radius 3 is 2.54 bits per heavy atom. The van der Waals surface area contributed by atoms with E-state index in [1.165, 1.54) is 5.56 Å². The standard InChI is InChI=1S/C22H24N2O3S/c1-16-20(21(25)23(2)15-18-10-7-11-19(14-18)27-3)28-22(26)24(16)13-12-17-8-5-4-6-9-17/h4-11,14H,12-13,15H2,1-3H3. The summed E-state index contributed by atoms with van der Waals surface area (Å²) in [5.41, 5.74) is 2.88. The van der Waals surface area contributed by atoms with Crippen LogP contribution in [0.15, 0.2) is 59.4 Å². The van der Waals surface area contributed by atoms with E-state index in [0.717, 1.165) is 34.8 Å². The molecule has 0 atom stereocenters. The van der Waals surface area contributed by atoms with Crippen molar-refractivity contribution in [2.75, 3.05) is 14.2 Å².